The highest BCUT2D eigenvalue weighted by Gasteiger charge is 2.05. The molecule has 0 amide bonds. The predicted molar refractivity (Wildman–Crippen MR) is 75.5 cm³/mol. The molecule has 0 aliphatic rings. The lowest BCUT2D eigenvalue weighted by molar-refractivity contribution is 0.325. The Morgan fingerprint density at radius 2 is 1.71 bits per heavy atom. The van der Waals surface area contributed by atoms with Crippen LogP contribution in [0.1, 0.15) is 29.2 Å². The molecule has 0 bridgehead atoms. The summed E-state index contributed by atoms with van der Waals surface area (Å²) in [7, 11) is 2.19. The van der Waals surface area contributed by atoms with Gasteiger partial charge >= 0.3 is 0 Å². The standard InChI is InChI=1S/C15H26N2/c1-6-16-7-8-17(5)11-15-10-13(3)12(2)9-14(15)4/h9-10,16H,6-8,11H2,1-5H3. The molecule has 0 aromatic heterocycles. The lowest BCUT2D eigenvalue weighted by atomic mass is 10.0. The van der Waals surface area contributed by atoms with E-state index in [4.69, 9.17) is 0 Å². The fourth-order valence-electron chi connectivity index (χ4n) is 2.01. The zero-order chi connectivity index (χ0) is 12.8. The normalized spacial score (nSPS) is 11.2. The molecule has 1 aromatic carbocycles. The average Bonchev–Trinajstić information content (AvgIpc) is 2.26. The molecule has 0 aliphatic heterocycles. The van der Waals surface area contributed by atoms with E-state index in [1.54, 1.807) is 0 Å². The fraction of sp³-hybridized carbons (Fsp3) is 0.600. The Balaban J connectivity index is 2.58. The van der Waals surface area contributed by atoms with Crippen molar-refractivity contribution in [3.63, 3.8) is 0 Å². The van der Waals surface area contributed by atoms with Gasteiger partial charge in [-0.15, -0.1) is 0 Å². The van der Waals surface area contributed by atoms with Gasteiger partial charge in [0.05, 0.1) is 0 Å². The van der Waals surface area contributed by atoms with Crippen molar-refractivity contribution in [2.24, 2.45) is 0 Å². The third-order valence-corrected chi connectivity index (χ3v) is 3.31. The molecule has 2 nitrogen and oxygen atoms in total. The molecule has 0 saturated carbocycles. The van der Waals surface area contributed by atoms with Crippen molar-refractivity contribution in [2.45, 2.75) is 34.2 Å². The second-order valence-electron chi connectivity index (χ2n) is 4.95. The average molecular weight is 234 g/mol. The molecule has 17 heavy (non-hydrogen) atoms. The monoisotopic (exact) mass is 234 g/mol. The Morgan fingerprint density at radius 1 is 1.06 bits per heavy atom. The number of nitrogens with one attached hydrogen (secondary N) is 1. The van der Waals surface area contributed by atoms with Crippen LogP contribution in [0.15, 0.2) is 12.1 Å². The van der Waals surface area contributed by atoms with Crippen molar-refractivity contribution in [3.05, 3.63) is 34.4 Å². The van der Waals surface area contributed by atoms with Crippen LogP contribution in [0.4, 0.5) is 0 Å². The quantitative estimate of drug-likeness (QED) is 0.761. The number of rotatable bonds is 6. The van der Waals surface area contributed by atoms with Crippen molar-refractivity contribution < 1.29 is 0 Å². The Kier molecular flexibility index (Phi) is 5.66. The Morgan fingerprint density at radius 3 is 2.35 bits per heavy atom. The van der Waals surface area contributed by atoms with E-state index in [1.165, 1.54) is 22.3 Å². The summed E-state index contributed by atoms with van der Waals surface area (Å²) in [5.74, 6) is 0. The van der Waals surface area contributed by atoms with E-state index >= 15 is 0 Å². The van der Waals surface area contributed by atoms with Crippen LogP contribution < -0.4 is 5.32 Å². The first-order chi connectivity index (χ1) is 8.04. The summed E-state index contributed by atoms with van der Waals surface area (Å²) in [6.45, 7) is 13.0. The smallest absolute Gasteiger partial charge is 0.0233 e. The molecule has 0 saturated heterocycles. The van der Waals surface area contributed by atoms with Crippen LogP contribution >= 0.6 is 0 Å². The summed E-state index contributed by atoms with van der Waals surface area (Å²) < 4.78 is 0. The van der Waals surface area contributed by atoms with E-state index in [1.807, 2.05) is 0 Å². The largest absolute Gasteiger partial charge is 0.316 e. The van der Waals surface area contributed by atoms with Gasteiger partial charge in [0.1, 0.15) is 0 Å². The van der Waals surface area contributed by atoms with Crippen molar-refractivity contribution in [1.82, 2.24) is 10.2 Å². The maximum absolute atomic E-state index is 3.36. The number of nitrogens with zero attached hydrogens (tertiary/aromatic N) is 1. The van der Waals surface area contributed by atoms with Crippen LogP contribution in [0.25, 0.3) is 0 Å². The Hall–Kier alpha value is -0.860. The number of benzene rings is 1. The highest BCUT2D eigenvalue weighted by molar-refractivity contribution is 5.36. The van der Waals surface area contributed by atoms with E-state index in [-0.39, 0.29) is 0 Å². The van der Waals surface area contributed by atoms with Gasteiger partial charge in [-0.3, -0.25) is 0 Å². The molecule has 0 radical (unpaired) electrons. The third kappa shape index (κ3) is 4.49. The van der Waals surface area contributed by atoms with Crippen LogP contribution in [0.5, 0.6) is 0 Å². The van der Waals surface area contributed by atoms with Gasteiger partial charge in [-0.1, -0.05) is 19.1 Å². The maximum atomic E-state index is 3.36. The van der Waals surface area contributed by atoms with E-state index in [2.05, 4.69) is 57.1 Å². The first-order valence-corrected chi connectivity index (χ1v) is 6.50. The minimum atomic E-state index is 1.04. The first-order valence-electron chi connectivity index (χ1n) is 6.50. The summed E-state index contributed by atoms with van der Waals surface area (Å²) in [6.07, 6.45) is 0. The topological polar surface area (TPSA) is 15.3 Å². The first kappa shape index (κ1) is 14.2. The number of hydrogen-bond acceptors (Lipinski definition) is 2. The van der Waals surface area contributed by atoms with E-state index in [0.29, 0.717) is 0 Å². The van der Waals surface area contributed by atoms with Crippen molar-refractivity contribution in [1.29, 1.82) is 0 Å². The van der Waals surface area contributed by atoms with Crippen LogP contribution in [0.2, 0.25) is 0 Å². The lowest BCUT2D eigenvalue weighted by Gasteiger charge is -2.19. The molecule has 96 valence electrons. The highest BCUT2D eigenvalue weighted by atomic mass is 15.1. The molecule has 0 unspecified atom stereocenters. The molecule has 0 fully saturated rings. The minimum Gasteiger partial charge on any atom is -0.316 e. The molecule has 1 N–H and O–H groups in total. The molecule has 0 atom stereocenters. The third-order valence-electron chi connectivity index (χ3n) is 3.31. The van der Waals surface area contributed by atoms with Crippen molar-refractivity contribution in [3.8, 4) is 0 Å². The summed E-state index contributed by atoms with van der Waals surface area (Å²) in [5, 5.41) is 3.36. The second-order valence-corrected chi connectivity index (χ2v) is 4.95. The Bertz CT molecular complexity index is 358. The fourth-order valence-corrected chi connectivity index (χ4v) is 2.01. The SMILES string of the molecule is CCNCCN(C)Cc1cc(C)c(C)cc1C. The van der Waals surface area contributed by atoms with Crippen molar-refractivity contribution in [2.75, 3.05) is 26.7 Å². The molecule has 0 aliphatic carbocycles. The second kappa shape index (κ2) is 6.77. The van der Waals surface area contributed by atoms with E-state index < -0.39 is 0 Å². The van der Waals surface area contributed by atoms with Gasteiger partial charge in [-0.05, 0) is 56.6 Å². The zero-order valence-corrected chi connectivity index (χ0v) is 11.9. The summed E-state index contributed by atoms with van der Waals surface area (Å²) in [6, 6.07) is 4.62. The van der Waals surface area contributed by atoms with Gasteiger partial charge in [-0.2, -0.15) is 0 Å². The molecule has 1 rings (SSSR count). The van der Waals surface area contributed by atoms with E-state index in [0.717, 1.165) is 26.2 Å². The summed E-state index contributed by atoms with van der Waals surface area (Å²) in [5.41, 5.74) is 5.64. The van der Waals surface area contributed by atoms with Crippen LogP contribution in [0.3, 0.4) is 0 Å². The van der Waals surface area contributed by atoms with Crippen LogP contribution in [0, 0.1) is 20.8 Å². The Labute approximate surface area is 106 Å². The summed E-state index contributed by atoms with van der Waals surface area (Å²) in [4.78, 5) is 2.37. The molecular formula is C15H26N2. The van der Waals surface area contributed by atoms with Gasteiger partial charge in [0.15, 0.2) is 0 Å². The van der Waals surface area contributed by atoms with Crippen molar-refractivity contribution >= 4 is 0 Å². The molecule has 2 heteroatoms. The number of aryl methyl sites for hydroxylation is 3. The number of hydrogen-bond donors (Lipinski definition) is 1. The maximum Gasteiger partial charge on any atom is 0.0233 e. The highest BCUT2D eigenvalue weighted by Crippen LogP contribution is 2.16. The summed E-state index contributed by atoms with van der Waals surface area (Å²) >= 11 is 0. The molecular weight excluding hydrogens is 208 g/mol. The number of likely N-dealkylation sites (N-methyl/N-ethyl adjacent to an activating group) is 2. The van der Waals surface area contributed by atoms with Gasteiger partial charge in [0, 0.05) is 19.6 Å². The van der Waals surface area contributed by atoms with Gasteiger partial charge in [0.2, 0.25) is 0 Å². The van der Waals surface area contributed by atoms with Crippen LogP contribution in [-0.4, -0.2) is 31.6 Å². The van der Waals surface area contributed by atoms with Crippen LogP contribution in [-0.2, 0) is 6.54 Å². The molecule has 1 aromatic rings. The minimum absolute atomic E-state index is 1.04. The van der Waals surface area contributed by atoms with Gasteiger partial charge < -0.3 is 10.2 Å². The zero-order valence-electron chi connectivity index (χ0n) is 11.9. The van der Waals surface area contributed by atoms with Gasteiger partial charge in [0.25, 0.3) is 0 Å². The van der Waals surface area contributed by atoms with E-state index in [9.17, 15) is 0 Å². The van der Waals surface area contributed by atoms with Gasteiger partial charge in [-0.25, -0.2) is 0 Å². The predicted octanol–water partition coefficient (Wildman–Crippen LogP) is 2.65. The molecule has 0 spiro atoms. The lowest BCUT2D eigenvalue weighted by Crippen LogP contribution is -2.29. The molecule has 0 heterocycles.